The summed E-state index contributed by atoms with van der Waals surface area (Å²) < 4.78 is 18.8. The van der Waals surface area contributed by atoms with Crippen molar-refractivity contribution >= 4 is 12.0 Å². The smallest absolute Gasteiger partial charge is 0.246 e. The first-order chi connectivity index (χ1) is 11.2. The molecule has 0 aromatic heterocycles. The van der Waals surface area contributed by atoms with E-state index >= 15 is 0 Å². The van der Waals surface area contributed by atoms with Crippen LogP contribution in [-0.4, -0.2) is 61.1 Å². The highest BCUT2D eigenvalue weighted by Gasteiger charge is 2.23. The molecule has 2 fully saturated rings. The SMILES string of the molecule is O=C(C=Cc1cccc(F)c1)N1CCN(CC2CCCO2)CC1. The highest BCUT2D eigenvalue weighted by Crippen LogP contribution is 2.14. The minimum absolute atomic E-state index is 0.00831. The highest BCUT2D eigenvalue weighted by molar-refractivity contribution is 5.91. The van der Waals surface area contributed by atoms with Gasteiger partial charge < -0.3 is 9.64 Å². The van der Waals surface area contributed by atoms with Gasteiger partial charge in [-0.1, -0.05) is 12.1 Å². The Kier molecular flexibility index (Phi) is 5.41. The van der Waals surface area contributed by atoms with Crippen LogP contribution in [0.3, 0.4) is 0 Å². The molecule has 1 aromatic carbocycles. The van der Waals surface area contributed by atoms with E-state index in [4.69, 9.17) is 4.74 Å². The first-order valence-corrected chi connectivity index (χ1v) is 8.27. The number of nitrogens with zero attached hydrogens (tertiary/aromatic N) is 2. The van der Waals surface area contributed by atoms with Crippen LogP contribution in [0, 0.1) is 5.82 Å². The molecule has 1 atom stereocenters. The molecule has 0 saturated carbocycles. The molecular weight excluding hydrogens is 295 g/mol. The molecule has 0 radical (unpaired) electrons. The van der Waals surface area contributed by atoms with Gasteiger partial charge in [0.1, 0.15) is 5.82 Å². The van der Waals surface area contributed by atoms with Gasteiger partial charge in [0.05, 0.1) is 6.10 Å². The lowest BCUT2D eigenvalue weighted by molar-refractivity contribution is -0.127. The molecule has 124 valence electrons. The maximum absolute atomic E-state index is 13.1. The van der Waals surface area contributed by atoms with E-state index in [9.17, 15) is 9.18 Å². The third-order valence-corrected chi connectivity index (χ3v) is 4.44. The predicted octanol–water partition coefficient (Wildman–Crippen LogP) is 2.16. The fourth-order valence-electron chi connectivity index (χ4n) is 3.11. The Morgan fingerprint density at radius 1 is 1.30 bits per heavy atom. The van der Waals surface area contributed by atoms with Crippen LogP contribution >= 0.6 is 0 Å². The molecule has 1 amide bonds. The summed E-state index contributed by atoms with van der Waals surface area (Å²) in [4.78, 5) is 16.4. The van der Waals surface area contributed by atoms with Crippen molar-refractivity contribution in [3.63, 3.8) is 0 Å². The molecule has 23 heavy (non-hydrogen) atoms. The summed E-state index contributed by atoms with van der Waals surface area (Å²) in [7, 11) is 0. The predicted molar refractivity (Wildman–Crippen MR) is 87.4 cm³/mol. The number of rotatable bonds is 4. The van der Waals surface area contributed by atoms with Crippen molar-refractivity contribution in [3.8, 4) is 0 Å². The van der Waals surface area contributed by atoms with Crippen LogP contribution < -0.4 is 0 Å². The summed E-state index contributed by atoms with van der Waals surface area (Å²) in [6, 6.07) is 6.24. The van der Waals surface area contributed by atoms with Crippen LogP contribution in [0.2, 0.25) is 0 Å². The van der Waals surface area contributed by atoms with Crippen molar-refractivity contribution in [2.45, 2.75) is 18.9 Å². The van der Waals surface area contributed by atoms with E-state index in [0.29, 0.717) is 11.7 Å². The van der Waals surface area contributed by atoms with E-state index in [-0.39, 0.29) is 11.7 Å². The van der Waals surface area contributed by atoms with Crippen LogP contribution in [0.4, 0.5) is 4.39 Å². The van der Waals surface area contributed by atoms with Crippen LogP contribution in [0.5, 0.6) is 0 Å². The lowest BCUT2D eigenvalue weighted by Crippen LogP contribution is -2.50. The van der Waals surface area contributed by atoms with Crippen LogP contribution in [0.25, 0.3) is 6.08 Å². The van der Waals surface area contributed by atoms with Gasteiger partial charge in [0, 0.05) is 45.4 Å². The Bertz CT molecular complexity index is 562. The fraction of sp³-hybridized carbons (Fsp3) is 0.500. The topological polar surface area (TPSA) is 32.8 Å². The minimum Gasteiger partial charge on any atom is -0.377 e. The van der Waals surface area contributed by atoms with Crippen molar-refractivity contribution in [2.24, 2.45) is 0 Å². The quantitative estimate of drug-likeness (QED) is 0.798. The number of carbonyl (C=O) groups is 1. The van der Waals surface area contributed by atoms with E-state index in [1.165, 1.54) is 18.2 Å². The summed E-state index contributed by atoms with van der Waals surface area (Å²) >= 11 is 0. The van der Waals surface area contributed by atoms with Gasteiger partial charge in [0.25, 0.3) is 0 Å². The maximum Gasteiger partial charge on any atom is 0.246 e. The molecule has 5 heteroatoms. The molecule has 4 nitrogen and oxygen atoms in total. The zero-order valence-corrected chi connectivity index (χ0v) is 13.3. The molecule has 2 aliphatic heterocycles. The summed E-state index contributed by atoms with van der Waals surface area (Å²) in [5.74, 6) is -0.298. The summed E-state index contributed by atoms with van der Waals surface area (Å²) in [6.07, 6.45) is 5.88. The molecule has 2 saturated heterocycles. The van der Waals surface area contributed by atoms with Gasteiger partial charge in [-0.3, -0.25) is 9.69 Å². The number of benzene rings is 1. The van der Waals surface area contributed by atoms with E-state index in [1.807, 2.05) is 4.90 Å². The second-order valence-electron chi connectivity index (χ2n) is 6.15. The zero-order chi connectivity index (χ0) is 16.1. The van der Waals surface area contributed by atoms with Crippen molar-refractivity contribution < 1.29 is 13.9 Å². The Hall–Kier alpha value is -1.72. The maximum atomic E-state index is 13.1. The summed E-state index contributed by atoms with van der Waals surface area (Å²) in [5, 5.41) is 0. The standard InChI is InChI=1S/C18H23FN2O2/c19-16-4-1-3-15(13-16)6-7-18(22)21-10-8-20(9-11-21)14-17-5-2-12-23-17/h1,3-4,6-7,13,17H,2,5,8-12,14H2. The molecular formula is C18H23FN2O2. The molecule has 2 heterocycles. The van der Waals surface area contributed by atoms with Gasteiger partial charge in [-0.15, -0.1) is 0 Å². The molecule has 0 aliphatic carbocycles. The van der Waals surface area contributed by atoms with Crippen molar-refractivity contribution in [2.75, 3.05) is 39.3 Å². The molecule has 0 spiro atoms. The Morgan fingerprint density at radius 2 is 2.13 bits per heavy atom. The molecule has 1 unspecified atom stereocenters. The van der Waals surface area contributed by atoms with E-state index < -0.39 is 0 Å². The lowest BCUT2D eigenvalue weighted by atomic mass is 10.2. The van der Waals surface area contributed by atoms with Crippen molar-refractivity contribution in [1.29, 1.82) is 0 Å². The summed E-state index contributed by atoms with van der Waals surface area (Å²) in [5.41, 5.74) is 0.704. The normalized spacial score (nSPS) is 22.8. The molecule has 3 rings (SSSR count). The molecule has 0 N–H and O–H groups in total. The third kappa shape index (κ3) is 4.62. The van der Waals surface area contributed by atoms with Crippen LogP contribution in [0.15, 0.2) is 30.3 Å². The number of piperazine rings is 1. The number of carbonyl (C=O) groups excluding carboxylic acids is 1. The third-order valence-electron chi connectivity index (χ3n) is 4.44. The Balaban J connectivity index is 1.46. The van der Waals surface area contributed by atoms with Crippen LogP contribution in [0.1, 0.15) is 18.4 Å². The lowest BCUT2D eigenvalue weighted by Gasteiger charge is -2.35. The van der Waals surface area contributed by atoms with E-state index in [2.05, 4.69) is 4.90 Å². The Morgan fingerprint density at radius 3 is 2.83 bits per heavy atom. The number of hydrogen-bond acceptors (Lipinski definition) is 3. The first kappa shape index (κ1) is 16.1. The van der Waals surface area contributed by atoms with E-state index in [1.54, 1.807) is 18.2 Å². The van der Waals surface area contributed by atoms with Crippen LogP contribution in [-0.2, 0) is 9.53 Å². The number of halogens is 1. The highest BCUT2D eigenvalue weighted by atomic mass is 19.1. The van der Waals surface area contributed by atoms with Crippen molar-refractivity contribution in [1.82, 2.24) is 9.80 Å². The summed E-state index contributed by atoms with van der Waals surface area (Å²) in [6.45, 7) is 5.10. The average molecular weight is 318 g/mol. The number of ether oxygens (including phenoxy) is 1. The fourth-order valence-corrected chi connectivity index (χ4v) is 3.11. The second kappa shape index (κ2) is 7.70. The van der Waals surface area contributed by atoms with Gasteiger partial charge in [0.2, 0.25) is 5.91 Å². The molecule has 2 aliphatic rings. The first-order valence-electron chi connectivity index (χ1n) is 8.27. The monoisotopic (exact) mass is 318 g/mol. The van der Waals surface area contributed by atoms with Gasteiger partial charge in [-0.2, -0.15) is 0 Å². The minimum atomic E-state index is -0.289. The van der Waals surface area contributed by atoms with Gasteiger partial charge in [-0.05, 0) is 36.6 Å². The van der Waals surface area contributed by atoms with E-state index in [0.717, 1.165) is 52.2 Å². The number of hydrogen-bond donors (Lipinski definition) is 0. The van der Waals surface area contributed by atoms with Gasteiger partial charge in [0.15, 0.2) is 0 Å². The van der Waals surface area contributed by atoms with Gasteiger partial charge in [-0.25, -0.2) is 4.39 Å². The zero-order valence-electron chi connectivity index (χ0n) is 13.3. The Labute approximate surface area is 136 Å². The van der Waals surface area contributed by atoms with Crippen molar-refractivity contribution in [3.05, 3.63) is 41.7 Å². The average Bonchev–Trinajstić information content (AvgIpc) is 3.06. The largest absolute Gasteiger partial charge is 0.377 e. The molecule has 0 bridgehead atoms. The number of amides is 1. The molecule has 1 aromatic rings. The van der Waals surface area contributed by atoms with Gasteiger partial charge >= 0.3 is 0 Å². The second-order valence-corrected chi connectivity index (χ2v) is 6.15.